The number of hydrogen-bond acceptors (Lipinski definition) is 7. The minimum atomic E-state index is -1.08. The number of rotatable bonds is 4. The predicted octanol–water partition coefficient (Wildman–Crippen LogP) is 3.39. The number of nitriles is 1. The molecule has 0 aromatic carbocycles. The molecule has 1 saturated carbocycles. The van der Waals surface area contributed by atoms with Gasteiger partial charge in [-0.05, 0) is 37.8 Å². The van der Waals surface area contributed by atoms with E-state index < -0.39 is 12.0 Å². The first kappa shape index (κ1) is 23.4. The quantitative estimate of drug-likeness (QED) is 0.710. The molecule has 35 heavy (non-hydrogen) atoms. The van der Waals surface area contributed by atoms with Crippen molar-refractivity contribution in [2.45, 2.75) is 64.0 Å². The zero-order chi connectivity index (χ0) is 24.5. The van der Waals surface area contributed by atoms with Crippen molar-refractivity contribution in [3.63, 3.8) is 0 Å². The molecule has 2 fully saturated rings. The molecule has 1 amide bonds. The Balaban J connectivity index is 1.51. The summed E-state index contributed by atoms with van der Waals surface area (Å²) in [7, 11) is 0. The molecule has 2 aromatic heterocycles. The molecule has 9 nitrogen and oxygen atoms in total. The van der Waals surface area contributed by atoms with Crippen LogP contribution in [0.15, 0.2) is 16.7 Å². The van der Waals surface area contributed by atoms with E-state index in [1.54, 1.807) is 13.0 Å². The minimum absolute atomic E-state index is 0.0685. The number of aliphatic carboxylic acids is 1. The van der Waals surface area contributed by atoms with E-state index in [4.69, 9.17) is 14.1 Å². The van der Waals surface area contributed by atoms with Gasteiger partial charge in [0.25, 0.3) is 5.91 Å². The predicted molar refractivity (Wildman–Crippen MR) is 126 cm³/mol. The van der Waals surface area contributed by atoms with Crippen molar-refractivity contribution in [2.24, 2.45) is 0 Å². The summed E-state index contributed by atoms with van der Waals surface area (Å²) in [6.45, 7) is 3.39. The van der Waals surface area contributed by atoms with Gasteiger partial charge in [-0.2, -0.15) is 5.26 Å². The highest BCUT2D eigenvalue weighted by molar-refractivity contribution is 5.97. The normalized spacial score (nSPS) is 20.9. The Hall–Kier alpha value is -3.38. The van der Waals surface area contributed by atoms with Gasteiger partial charge in [-0.15, -0.1) is 0 Å². The average molecular weight is 479 g/mol. The van der Waals surface area contributed by atoms with Crippen LogP contribution in [0.1, 0.15) is 76.5 Å². The standard InChI is InChI=1S/C26H30N4O5/c1-16-18(8-12-35-16)25(31)30-10-9-29(14-22(30)26(32)33)24-20(13-27)19-7-11-34-15-21(19)23(28-24)17-5-3-2-4-6-17/h8,12,17,22H,2-7,9-11,14-15H2,1H3,(H,32,33). The number of amides is 1. The molecule has 1 saturated heterocycles. The summed E-state index contributed by atoms with van der Waals surface area (Å²) in [5.74, 6) is -0.104. The number of hydrogen-bond donors (Lipinski definition) is 1. The summed E-state index contributed by atoms with van der Waals surface area (Å²) in [4.78, 5) is 33.7. The third-order valence-corrected chi connectivity index (χ3v) is 7.59. The third-order valence-electron chi connectivity index (χ3n) is 7.59. The lowest BCUT2D eigenvalue weighted by molar-refractivity contribution is -0.142. The van der Waals surface area contributed by atoms with Gasteiger partial charge < -0.3 is 24.1 Å². The van der Waals surface area contributed by atoms with E-state index in [-0.39, 0.29) is 19.0 Å². The maximum atomic E-state index is 13.1. The Morgan fingerprint density at radius 1 is 1.20 bits per heavy atom. The summed E-state index contributed by atoms with van der Waals surface area (Å²) < 4.78 is 11.0. The van der Waals surface area contributed by atoms with Gasteiger partial charge in [0, 0.05) is 24.6 Å². The van der Waals surface area contributed by atoms with Gasteiger partial charge in [-0.25, -0.2) is 9.78 Å². The number of furan rings is 1. The molecule has 184 valence electrons. The van der Waals surface area contributed by atoms with Crippen LogP contribution in [-0.2, 0) is 22.6 Å². The van der Waals surface area contributed by atoms with Crippen LogP contribution in [0.25, 0.3) is 0 Å². The van der Waals surface area contributed by atoms with Crippen LogP contribution in [0, 0.1) is 18.3 Å². The lowest BCUT2D eigenvalue weighted by Crippen LogP contribution is -2.58. The maximum Gasteiger partial charge on any atom is 0.328 e. The van der Waals surface area contributed by atoms with Crippen molar-refractivity contribution in [1.29, 1.82) is 5.26 Å². The van der Waals surface area contributed by atoms with Crippen LogP contribution in [0.3, 0.4) is 0 Å². The fourth-order valence-corrected chi connectivity index (χ4v) is 5.71. The second kappa shape index (κ2) is 9.70. The summed E-state index contributed by atoms with van der Waals surface area (Å²) in [5.41, 5.74) is 3.92. The van der Waals surface area contributed by atoms with Crippen molar-refractivity contribution in [2.75, 3.05) is 31.1 Å². The lowest BCUT2D eigenvalue weighted by atomic mass is 9.82. The summed E-state index contributed by atoms with van der Waals surface area (Å²) >= 11 is 0. The smallest absolute Gasteiger partial charge is 0.328 e. The van der Waals surface area contributed by atoms with Crippen molar-refractivity contribution >= 4 is 17.7 Å². The first-order valence-corrected chi connectivity index (χ1v) is 12.4. The molecule has 2 aliphatic heterocycles. The van der Waals surface area contributed by atoms with Crippen molar-refractivity contribution in [3.8, 4) is 6.07 Å². The number of anilines is 1. The highest BCUT2D eigenvalue weighted by Gasteiger charge is 2.39. The van der Waals surface area contributed by atoms with Gasteiger partial charge in [0.15, 0.2) is 0 Å². The number of piperazine rings is 1. The number of carbonyl (C=O) groups is 2. The van der Waals surface area contributed by atoms with E-state index in [9.17, 15) is 20.0 Å². The van der Waals surface area contributed by atoms with E-state index in [1.165, 1.54) is 17.6 Å². The SMILES string of the molecule is Cc1occc1C(=O)N1CCN(c2nc(C3CCCCC3)c3c(c2C#N)CCOC3)CC1C(=O)O. The number of pyridine rings is 1. The van der Waals surface area contributed by atoms with Crippen LogP contribution in [-0.4, -0.2) is 59.1 Å². The van der Waals surface area contributed by atoms with Gasteiger partial charge in [0.1, 0.15) is 23.7 Å². The van der Waals surface area contributed by atoms with E-state index in [0.29, 0.717) is 54.8 Å². The fourth-order valence-electron chi connectivity index (χ4n) is 5.71. The molecule has 0 bridgehead atoms. The average Bonchev–Trinajstić information content (AvgIpc) is 3.33. The van der Waals surface area contributed by atoms with Crippen LogP contribution in [0.2, 0.25) is 0 Å². The largest absolute Gasteiger partial charge is 0.480 e. The molecule has 1 aliphatic carbocycles. The molecule has 1 N–H and O–H groups in total. The second-order valence-corrected chi connectivity index (χ2v) is 9.59. The van der Waals surface area contributed by atoms with Crippen molar-refractivity contribution in [3.05, 3.63) is 46.0 Å². The van der Waals surface area contributed by atoms with E-state index in [2.05, 4.69) is 6.07 Å². The zero-order valence-electron chi connectivity index (χ0n) is 20.0. The Labute approximate surface area is 204 Å². The molecule has 3 aliphatic rings. The molecule has 0 radical (unpaired) electrons. The minimum Gasteiger partial charge on any atom is -0.480 e. The fraction of sp³-hybridized carbons (Fsp3) is 0.538. The highest BCUT2D eigenvalue weighted by Crippen LogP contribution is 2.39. The van der Waals surface area contributed by atoms with Crippen LogP contribution < -0.4 is 4.90 Å². The van der Waals surface area contributed by atoms with Gasteiger partial charge in [0.2, 0.25) is 0 Å². The number of fused-ring (bicyclic) bond motifs is 1. The molecule has 1 unspecified atom stereocenters. The molecule has 0 spiro atoms. The third kappa shape index (κ3) is 4.27. The summed E-state index contributed by atoms with van der Waals surface area (Å²) in [5, 5.41) is 20.1. The van der Waals surface area contributed by atoms with Gasteiger partial charge in [-0.3, -0.25) is 4.79 Å². The molecular weight excluding hydrogens is 448 g/mol. The Kier molecular flexibility index (Phi) is 6.48. The summed E-state index contributed by atoms with van der Waals surface area (Å²) in [6, 6.07) is 2.87. The van der Waals surface area contributed by atoms with Crippen LogP contribution >= 0.6 is 0 Å². The van der Waals surface area contributed by atoms with Gasteiger partial charge >= 0.3 is 5.97 Å². The summed E-state index contributed by atoms with van der Waals surface area (Å²) in [6.07, 6.45) is 7.75. The Morgan fingerprint density at radius 3 is 2.69 bits per heavy atom. The highest BCUT2D eigenvalue weighted by atomic mass is 16.5. The van der Waals surface area contributed by atoms with E-state index >= 15 is 0 Å². The monoisotopic (exact) mass is 478 g/mol. The van der Waals surface area contributed by atoms with Crippen molar-refractivity contribution in [1.82, 2.24) is 9.88 Å². The number of carboxylic acid groups (broad SMARTS) is 1. The molecule has 2 aromatic rings. The Bertz CT molecular complexity index is 1180. The first-order valence-electron chi connectivity index (χ1n) is 12.4. The Morgan fingerprint density at radius 2 is 2.00 bits per heavy atom. The topological polar surface area (TPSA) is 120 Å². The lowest BCUT2D eigenvalue weighted by Gasteiger charge is -2.41. The molecule has 1 atom stereocenters. The zero-order valence-corrected chi connectivity index (χ0v) is 20.0. The molecule has 4 heterocycles. The number of aromatic nitrogens is 1. The maximum absolute atomic E-state index is 13.1. The number of carboxylic acids is 1. The molecule has 5 rings (SSSR count). The number of nitrogens with zero attached hydrogens (tertiary/aromatic N) is 4. The number of aryl methyl sites for hydroxylation is 1. The second-order valence-electron chi connectivity index (χ2n) is 9.59. The molecular formula is C26H30N4O5. The van der Waals surface area contributed by atoms with E-state index in [1.807, 2.05) is 4.90 Å². The van der Waals surface area contributed by atoms with Crippen LogP contribution in [0.4, 0.5) is 5.82 Å². The molecule has 9 heteroatoms. The van der Waals surface area contributed by atoms with E-state index in [0.717, 1.165) is 42.5 Å². The number of ether oxygens (including phenoxy) is 1. The van der Waals surface area contributed by atoms with Gasteiger partial charge in [0.05, 0.1) is 42.8 Å². The van der Waals surface area contributed by atoms with Gasteiger partial charge in [-0.1, -0.05) is 19.3 Å². The number of carbonyl (C=O) groups excluding carboxylic acids is 1. The van der Waals surface area contributed by atoms with Crippen molar-refractivity contribution < 1.29 is 23.8 Å². The van der Waals surface area contributed by atoms with Crippen LogP contribution in [0.5, 0.6) is 0 Å². The first-order chi connectivity index (χ1) is 17.0.